The Hall–Kier alpha value is -1.96. The Morgan fingerprint density at radius 1 is 0.322 bits per heavy atom. The van der Waals surface area contributed by atoms with Crippen molar-refractivity contribution in [3.05, 3.63) is 23.3 Å². The van der Waals surface area contributed by atoms with Crippen LogP contribution in [0.1, 0.15) is 20.8 Å². The van der Waals surface area contributed by atoms with E-state index in [1.807, 2.05) is 0 Å². The van der Waals surface area contributed by atoms with Gasteiger partial charge in [0.1, 0.15) is 159 Å². The van der Waals surface area contributed by atoms with Gasteiger partial charge in [-0.25, -0.2) is 0 Å². The molecule has 0 aromatic rings. The topological polar surface area (TPSA) is 591 Å². The van der Waals surface area contributed by atoms with Gasteiger partial charge in [-0.15, -0.1) is 0 Å². The van der Waals surface area contributed by atoms with Gasteiger partial charge in [0.25, 0.3) is 0 Å². The van der Waals surface area contributed by atoms with Crippen LogP contribution in [0.3, 0.4) is 0 Å². The van der Waals surface area contributed by atoms with Gasteiger partial charge in [-0.3, -0.25) is 0 Å². The predicted octanol–water partition coefficient (Wildman–Crippen LogP) is -15.0. The highest BCUT2D eigenvalue weighted by Gasteiger charge is 2.57. The van der Waals surface area contributed by atoms with Crippen LogP contribution in [0.2, 0.25) is 0 Å². The molecule has 0 saturated carbocycles. The molecule has 8 rings (SSSR count). The van der Waals surface area contributed by atoms with Gasteiger partial charge in [-0.05, 0) is 31.9 Å². The molecule has 8 aliphatic rings. The van der Waals surface area contributed by atoms with Crippen LogP contribution in [-0.2, 0) is 52.1 Å². The Labute approximate surface area is 495 Å². The quantitative estimate of drug-likeness (QED) is 0.0503. The second-order valence-electron chi connectivity index (χ2n) is 23.1. The molecular weight excluding hydrogens is 1180 g/mol. The molecule has 38 atom stereocenters. The number of hydrogen-bond donors (Lipinski definition) is 25. The molecule has 6 aliphatic heterocycles. The smallest absolute Gasteiger partial charge is 0.187 e. The van der Waals surface area contributed by atoms with E-state index in [2.05, 4.69) is 10.6 Å². The highest BCUT2D eigenvalue weighted by atomic mass is 16.8. The fourth-order valence-electron chi connectivity index (χ4n) is 12.2. The van der Waals surface area contributed by atoms with Crippen LogP contribution in [0.5, 0.6) is 0 Å². The van der Waals surface area contributed by atoms with E-state index in [9.17, 15) is 117 Å². The summed E-state index contributed by atoms with van der Waals surface area (Å²) in [5.74, 6) is 0. The van der Waals surface area contributed by atoms with Crippen LogP contribution in [-0.4, -0.2) is 390 Å². The number of aliphatic hydroxyl groups is 23. The zero-order chi connectivity index (χ0) is 63.9. The number of aliphatic hydroxyl groups excluding tert-OH is 23. The van der Waals surface area contributed by atoms with Crippen molar-refractivity contribution in [3.8, 4) is 0 Å². The third-order valence-corrected chi connectivity index (χ3v) is 17.5. The number of hydrogen-bond acceptors (Lipinski definition) is 36. The molecule has 0 aromatic heterocycles. The lowest BCUT2D eigenvalue weighted by Crippen LogP contribution is -2.69. The first-order valence-electron chi connectivity index (χ1n) is 28.5. The Morgan fingerprint density at radius 3 is 1.00 bits per heavy atom. The van der Waals surface area contributed by atoms with Gasteiger partial charge >= 0.3 is 0 Å². The van der Waals surface area contributed by atoms with Crippen molar-refractivity contribution in [2.24, 2.45) is 0 Å². The Kier molecular flexibility index (Phi) is 24.4. The molecular formula is C51H86N2O34. The highest BCUT2D eigenvalue weighted by Crippen LogP contribution is 2.37. The molecule has 36 heteroatoms. The molecule has 25 N–H and O–H groups in total. The summed E-state index contributed by atoms with van der Waals surface area (Å²) in [4.78, 5) is 0. The number of ether oxygens (including phenoxy) is 11. The van der Waals surface area contributed by atoms with Crippen LogP contribution < -0.4 is 10.6 Å². The van der Waals surface area contributed by atoms with E-state index < -0.39 is 272 Å². The lowest BCUT2D eigenvalue weighted by molar-refractivity contribution is -0.382. The standard InChI is InChI=1S/C51H86N2O34/c1-12-23(52-17-4-15(6-54)26(61)31(66)27(17)62)29(64)37(72)47(78-12)84-44-20(9-57)80-49(39(74)34(44)69)83-42-16(7-55)5-18(28(63)33(42)68)53-24-13(2)79-48(38(73)30(24)65)85-45-21(10-58)81-51(40(75)35(45)70)87-46-22(11-59)82-50(41(76)36(46)71)86-43-19(8-56)77-14(3)25(60)32(43)67/h4-5,12-14,17-76H,6-11H2,1-3H3. The van der Waals surface area contributed by atoms with E-state index in [1.165, 1.54) is 32.9 Å². The van der Waals surface area contributed by atoms with Crippen molar-refractivity contribution in [1.82, 2.24) is 10.6 Å². The lowest BCUT2D eigenvalue weighted by atomic mass is 9.86. The molecule has 0 spiro atoms. The van der Waals surface area contributed by atoms with E-state index >= 15 is 0 Å². The van der Waals surface area contributed by atoms with Gasteiger partial charge in [0, 0.05) is 0 Å². The first kappa shape index (κ1) is 70.9. The van der Waals surface area contributed by atoms with E-state index in [4.69, 9.17) is 52.1 Å². The minimum atomic E-state index is -2.12. The Morgan fingerprint density at radius 2 is 0.632 bits per heavy atom. The monoisotopic (exact) mass is 1270 g/mol. The predicted molar refractivity (Wildman–Crippen MR) is 276 cm³/mol. The van der Waals surface area contributed by atoms with Crippen LogP contribution >= 0.6 is 0 Å². The average Bonchev–Trinajstić information content (AvgIpc) is 1.40. The van der Waals surface area contributed by atoms with Crippen molar-refractivity contribution in [2.45, 2.75) is 253 Å². The molecule has 87 heavy (non-hydrogen) atoms. The van der Waals surface area contributed by atoms with Crippen LogP contribution in [0.25, 0.3) is 0 Å². The van der Waals surface area contributed by atoms with Gasteiger partial charge in [-0.2, -0.15) is 0 Å². The first-order chi connectivity index (χ1) is 41.2. The summed E-state index contributed by atoms with van der Waals surface area (Å²) in [5.41, 5.74) is -0.191. The van der Waals surface area contributed by atoms with E-state index in [0.29, 0.717) is 0 Å². The molecule has 0 radical (unpaired) electrons. The summed E-state index contributed by atoms with van der Waals surface area (Å²) >= 11 is 0. The molecule has 0 aromatic carbocycles. The zero-order valence-electron chi connectivity index (χ0n) is 47.1. The molecule has 36 nitrogen and oxygen atoms in total. The maximum Gasteiger partial charge on any atom is 0.187 e. The highest BCUT2D eigenvalue weighted by molar-refractivity contribution is 5.24. The molecule has 38 unspecified atom stereocenters. The van der Waals surface area contributed by atoms with Crippen molar-refractivity contribution < 1.29 is 170 Å². The second kappa shape index (κ2) is 30.0. The van der Waals surface area contributed by atoms with Crippen LogP contribution in [0.4, 0.5) is 0 Å². The van der Waals surface area contributed by atoms with Crippen molar-refractivity contribution in [2.75, 3.05) is 39.6 Å². The molecule has 504 valence electrons. The molecule has 2 aliphatic carbocycles. The zero-order valence-corrected chi connectivity index (χ0v) is 47.1. The number of nitrogens with one attached hydrogen (secondary N) is 2. The summed E-state index contributed by atoms with van der Waals surface area (Å²) in [7, 11) is 0. The maximum atomic E-state index is 11.5. The fourth-order valence-corrected chi connectivity index (χ4v) is 12.2. The molecule has 0 bridgehead atoms. The van der Waals surface area contributed by atoms with Gasteiger partial charge < -0.3 is 180 Å². The summed E-state index contributed by atoms with van der Waals surface area (Å²) in [6.07, 6.45) is -56.5. The average molecular weight is 1270 g/mol. The lowest BCUT2D eigenvalue weighted by Gasteiger charge is -2.49. The summed E-state index contributed by atoms with van der Waals surface area (Å²) < 4.78 is 63.0. The third-order valence-electron chi connectivity index (χ3n) is 17.5. The minimum absolute atomic E-state index is 0.0272. The fraction of sp³-hybridized carbons (Fsp3) is 0.922. The first-order valence-corrected chi connectivity index (χ1v) is 28.5. The van der Waals surface area contributed by atoms with Crippen molar-refractivity contribution in [3.63, 3.8) is 0 Å². The van der Waals surface area contributed by atoms with Crippen LogP contribution in [0, 0.1) is 0 Å². The van der Waals surface area contributed by atoms with Crippen molar-refractivity contribution >= 4 is 0 Å². The maximum absolute atomic E-state index is 11.5. The van der Waals surface area contributed by atoms with Gasteiger partial charge in [-0.1, -0.05) is 12.2 Å². The van der Waals surface area contributed by atoms with E-state index in [1.54, 1.807) is 0 Å². The third kappa shape index (κ3) is 14.4. The summed E-state index contributed by atoms with van der Waals surface area (Å²) in [6.45, 7) is -0.868. The minimum Gasteiger partial charge on any atom is -0.394 e. The second-order valence-corrected chi connectivity index (χ2v) is 23.1. The van der Waals surface area contributed by atoms with E-state index in [0.717, 1.165) is 0 Å². The Balaban J connectivity index is 0.851. The van der Waals surface area contributed by atoms with E-state index in [-0.39, 0.29) is 11.1 Å². The Bertz CT molecular complexity index is 2230. The normalized spacial score (nSPS) is 52.7. The van der Waals surface area contributed by atoms with Gasteiger partial charge in [0.05, 0.1) is 82.1 Å². The largest absolute Gasteiger partial charge is 0.394 e. The van der Waals surface area contributed by atoms with Crippen LogP contribution in [0.15, 0.2) is 23.3 Å². The summed E-state index contributed by atoms with van der Waals surface area (Å²) in [6, 6.07) is -5.06. The molecule has 6 fully saturated rings. The molecule has 0 amide bonds. The van der Waals surface area contributed by atoms with Gasteiger partial charge in [0.15, 0.2) is 31.5 Å². The van der Waals surface area contributed by atoms with Crippen molar-refractivity contribution in [1.29, 1.82) is 0 Å². The number of rotatable bonds is 20. The molecule has 6 heterocycles. The summed E-state index contributed by atoms with van der Waals surface area (Å²) in [5, 5.41) is 254. The van der Waals surface area contributed by atoms with Gasteiger partial charge in [0.2, 0.25) is 0 Å². The SMILES string of the molecule is CC1OC(CO)C(OC2OC(CO)C(OC3OC(CO)C(OC4OC(C)C(NC5C=C(CO)C(OC6OC(CO)C(OC7OC(C)C(NC8C=C(CO)C(O)C(O)C8O)C(O)C7O)C(O)C6O)C(O)C5O)C(O)C4O)C(O)C3O)C(O)C2O)C(O)C1O. The molecule has 6 saturated heterocycles.